The second-order valence-electron chi connectivity index (χ2n) is 8.91. The monoisotopic (exact) mass is 492 g/mol. The van der Waals surface area contributed by atoms with Crippen molar-refractivity contribution in [1.29, 1.82) is 0 Å². The summed E-state index contributed by atoms with van der Waals surface area (Å²) in [6.45, 7) is 5.41. The first-order valence-corrected chi connectivity index (χ1v) is 12.4. The molecular weight excluding hydrogens is 460 g/mol. The number of benzene rings is 2. The zero-order chi connectivity index (χ0) is 25.9. The number of ether oxygens (including phenoxy) is 2. The summed E-state index contributed by atoms with van der Waals surface area (Å²) >= 11 is 0. The molecule has 2 aromatic rings. The summed E-state index contributed by atoms with van der Waals surface area (Å²) in [5.74, 6) is -1.85. The third kappa shape index (κ3) is 3.95. The highest BCUT2D eigenvalue weighted by atomic mass is 16.5. The molecule has 1 saturated heterocycles. The summed E-state index contributed by atoms with van der Waals surface area (Å²) in [4.78, 5) is 44.1. The topological polar surface area (TPSA) is 96.4 Å². The van der Waals surface area contributed by atoms with Crippen molar-refractivity contribution in [3.05, 3.63) is 65.2 Å². The molecule has 8 nitrogen and oxygen atoms in total. The second-order valence-corrected chi connectivity index (χ2v) is 8.91. The summed E-state index contributed by atoms with van der Waals surface area (Å²) in [5.41, 5.74) is -0.466. The van der Waals surface area contributed by atoms with Crippen molar-refractivity contribution in [2.24, 2.45) is 0 Å². The maximum Gasteiger partial charge on any atom is 0.296 e. The van der Waals surface area contributed by atoms with E-state index in [0.29, 0.717) is 55.2 Å². The molecule has 2 aliphatic heterocycles. The summed E-state index contributed by atoms with van der Waals surface area (Å²) in [6, 6.07) is 13.8. The van der Waals surface area contributed by atoms with Crippen LogP contribution in [0.4, 0.5) is 5.69 Å². The molecule has 1 fully saturated rings. The minimum absolute atomic E-state index is 0.124. The Balaban J connectivity index is 1.93. The lowest BCUT2D eigenvalue weighted by atomic mass is 9.82. The molecule has 2 heterocycles. The van der Waals surface area contributed by atoms with E-state index >= 15 is 0 Å². The van der Waals surface area contributed by atoms with E-state index in [1.807, 2.05) is 26.0 Å². The van der Waals surface area contributed by atoms with Gasteiger partial charge in [-0.25, -0.2) is 0 Å². The van der Waals surface area contributed by atoms with Gasteiger partial charge in [-0.05, 0) is 49.6 Å². The van der Waals surface area contributed by atoms with Crippen LogP contribution in [0.3, 0.4) is 0 Å². The third-order valence-corrected chi connectivity index (χ3v) is 6.59. The molecule has 8 heteroatoms. The van der Waals surface area contributed by atoms with Crippen molar-refractivity contribution in [3.63, 3.8) is 0 Å². The molecule has 2 aromatic carbocycles. The van der Waals surface area contributed by atoms with Gasteiger partial charge in [0.2, 0.25) is 0 Å². The van der Waals surface area contributed by atoms with Crippen molar-refractivity contribution in [3.8, 4) is 5.75 Å². The normalized spacial score (nSPS) is 20.5. The maximum atomic E-state index is 14.2. The molecule has 1 unspecified atom stereocenters. The first kappa shape index (κ1) is 25.4. The van der Waals surface area contributed by atoms with E-state index in [1.54, 1.807) is 48.4 Å². The number of aliphatic hydroxyl groups is 1. The number of ketones is 1. The first-order valence-electron chi connectivity index (χ1n) is 12.4. The molecule has 0 aromatic heterocycles. The molecule has 2 aliphatic rings. The number of carbonyl (C=O) groups excluding carboxylic acids is 3. The number of para-hydroxylation sites is 1. The molecule has 0 aliphatic carbocycles. The van der Waals surface area contributed by atoms with Crippen LogP contribution in [-0.2, 0) is 24.7 Å². The van der Waals surface area contributed by atoms with Gasteiger partial charge in [0.1, 0.15) is 11.5 Å². The number of rotatable bonds is 10. The summed E-state index contributed by atoms with van der Waals surface area (Å²) in [6.07, 6.45) is 1.97. The Morgan fingerprint density at radius 1 is 0.944 bits per heavy atom. The van der Waals surface area contributed by atoms with Gasteiger partial charge in [-0.15, -0.1) is 0 Å². The van der Waals surface area contributed by atoms with E-state index in [-0.39, 0.29) is 17.9 Å². The number of carbonyl (C=O) groups is 3. The molecule has 1 atom stereocenters. The minimum atomic E-state index is -1.74. The summed E-state index contributed by atoms with van der Waals surface area (Å²) in [7, 11) is 1.55. The van der Waals surface area contributed by atoms with Crippen LogP contribution in [0.1, 0.15) is 44.2 Å². The van der Waals surface area contributed by atoms with Crippen LogP contribution in [0.5, 0.6) is 5.75 Å². The summed E-state index contributed by atoms with van der Waals surface area (Å²) in [5, 5.41) is 11.5. The fourth-order valence-electron chi connectivity index (χ4n) is 5.05. The molecule has 0 saturated carbocycles. The Kier molecular flexibility index (Phi) is 7.45. The van der Waals surface area contributed by atoms with Crippen molar-refractivity contribution >= 4 is 29.0 Å². The van der Waals surface area contributed by atoms with Gasteiger partial charge in [0.15, 0.2) is 5.54 Å². The SMILES string of the molecule is CCCOc1ccc(/C(O)=C2/C(=O)C(=O)N(CCCOC)C23C(=O)N(CCC)c2ccccc23)cc1. The number of hydrogen-bond donors (Lipinski definition) is 1. The Morgan fingerprint density at radius 2 is 1.67 bits per heavy atom. The Morgan fingerprint density at radius 3 is 2.33 bits per heavy atom. The van der Waals surface area contributed by atoms with Gasteiger partial charge in [-0.3, -0.25) is 14.4 Å². The molecule has 1 spiro atoms. The van der Waals surface area contributed by atoms with Crippen LogP contribution in [0.15, 0.2) is 54.1 Å². The highest BCUT2D eigenvalue weighted by Crippen LogP contribution is 2.53. The minimum Gasteiger partial charge on any atom is -0.507 e. The third-order valence-electron chi connectivity index (χ3n) is 6.59. The predicted octanol–water partition coefficient (Wildman–Crippen LogP) is 3.84. The zero-order valence-corrected chi connectivity index (χ0v) is 21.0. The molecule has 4 rings (SSSR count). The molecule has 190 valence electrons. The molecule has 0 bridgehead atoms. The molecule has 2 amide bonds. The number of aliphatic hydroxyl groups excluding tert-OH is 1. The van der Waals surface area contributed by atoms with Gasteiger partial charge in [0, 0.05) is 37.9 Å². The average molecular weight is 493 g/mol. The van der Waals surface area contributed by atoms with Crippen LogP contribution >= 0.6 is 0 Å². The Hall–Kier alpha value is -3.65. The van der Waals surface area contributed by atoms with E-state index in [0.717, 1.165) is 6.42 Å². The van der Waals surface area contributed by atoms with Gasteiger partial charge >= 0.3 is 0 Å². The van der Waals surface area contributed by atoms with Crippen LogP contribution in [-0.4, -0.2) is 61.0 Å². The van der Waals surface area contributed by atoms with Crippen LogP contribution in [0.2, 0.25) is 0 Å². The number of methoxy groups -OCH3 is 1. The van der Waals surface area contributed by atoms with Crippen molar-refractivity contribution in [2.75, 3.05) is 38.3 Å². The van der Waals surface area contributed by atoms with E-state index in [1.165, 1.54) is 4.90 Å². The van der Waals surface area contributed by atoms with Crippen molar-refractivity contribution in [2.45, 2.75) is 38.6 Å². The number of fused-ring (bicyclic) bond motifs is 2. The van der Waals surface area contributed by atoms with Crippen LogP contribution in [0, 0.1) is 0 Å². The fourth-order valence-corrected chi connectivity index (χ4v) is 5.05. The van der Waals surface area contributed by atoms with E-state index < -0.39 is 23.1 Å². The van der Waals surface area contributed by atoms with Gasteiger partial charge in [-0.1, -0.05) is 32.0 Å². The highest BCUT2D eigenvalue weighted by molar-refractivity contribution is 6.50. The van der Waals surface area contributed by atoms with Gasteiger partial charge in [0.05, 0.1) is 17.9 Å². The van der Waals surface area contributed by atoms with Crippen molar-refractivity contribution < 1.29 is 29.0 Å². The number of nitrogens with zero attached hydrogens (tertiary/aromatic N) is 2. The number of likely N-dealkylation sites (tertiary alicyclic amines) is 1. The largest absolute Gasteiger partial charge is 0.507 e. The molecule has 1 N–H and O–H groups in total. The molecular formula is C28H32N2O6. The van der Waals surface area contributed by atoms with Gasteiger partial charge in [0.25, 0.3) is 17.6 Å². The van der Waals surface area contributed by atoms with E-state index in [2.05, 4.69) is 0 Å². The van der Waals surface area contributed by atoms with Gasteiger partial charge < -0.3 is 24.4 Å². The standard InChI is InChI=1S/C28H32N2O6/c1-4-15-29-22-10-7-6-9-21(22)28(27(29)34)23(25(32)26(33)30(28)16-8-18-35-3)24(31)19-11-13-20(14-12-19)36-17-5-2/h6-7,9-14,31H,4-5,8,15-18H2,1-3H3/b24-23+. The van der Waals surface area contributed by atoms with Gasteiger partial charge in [-0.2, -0.15) is 0 Å². The van der Waals surface area contributed by atoms with E-state index in [9.17, 15) is 19.5 Å². The van der Waals surface area contributed by atoms with Crippen LogP contribution < -0.4 is 9.64 Å². The number of hydrogen-bond acceptors (Lipinski definition) is 6. The number of Topliss-reactive ketones (excluding diaryl/α,β-unsaturated/α-hetero) is 1. The lowest BCUT2D eigenvalue weighted by Gasteiger charge is -2.34. The maximum absolute atomic E-state index is 14.2. The number of amides is 2. The number of anilines is 1. The Labute approximate surface area is 211 Å². The summed E-state index contributed by atoms with van der Waals surface area (Å²) < 4.78 is 10.8. The molecule has 36 heavy (non-hydrogen) atoms. The lowest BCUT2D eigenvalue weighted by molar-refractivity contribution is -0.143. The zero-order valence-electron chi connectivity index (χ0n) is 21.0. The second kappa shape index (κ2) is 10.5. The van der Waals surface area contributed by atoms with Crippen LogP contribution in [0.25, 0.3) is 5.76 Å². The van der Waals surface area contributed by atoms with E-state index in [4.69, 9.17) is 9.47 Å². The highest BCUT2D eigenvalue weighted by Gasteiger charge is 2.66. The lowest BCUT2D eigenvalue weighted by Crippen LogP contribution is -2.52. The predicted molar refractivity (Wildman–Crippen MR) is 136 cm³/mol. The Bertz CT molecular complexity index is 1190. The fraction of sp³-hybridized carbons (Fsp3) is 0.393. The quantitative estimate of drug-likeness (QED) is 0.234. The molecule has 0 radical (unpaired) electrons. The first-order chi connectivity index (χ1) is 17.4. The smallest absolute Gasteiger partial charge is 0.296 e. The average Bonchev–Trinajstić information content (AvgIpc) is 3.27. The van der Waals surface area contributed by atoms with Crippen molar-refractivity contribution in [1.82, 2.24) is 4.90 Å².